The van der Waals surface area contributed by atoms with Gasteiger partial charge in [-0.05, 0) is 60.4 Å². The van der Waals surface area contributed by atoms with Gasteiger partial charge in [0.25, 0.3) is 10.0 Å². The first-order valence-electron chi connectivity index (χ1n) is 10.5. The van der Waals surface area contributed by atoms with Gasteiger partial charge in [-0.2, -0.15) is 5.10 Å². The number of nitrogens with zero attached hydrogens (tertiary/aromatic N) is 3. The highest BCUT2D eigenvalue weighted by Crippen LogP contribution is 2.32. The van der Waals surface area contributed by atoms with E-state index in [1.54, 1.807) is 42.6 Å². The number of fused-ring (bicyclic) bond motifs is 1. The van der Waals surface area contributed by atoms with Crippen molar-refractivity contribution >= 4 is 33.0 Å². The van der Waals surface area contributed by atoms with Gasteiger partial charge in [0.1, 0.15) is 5.82 Å². The molecule has 0 fully saturated rings. The van der Waals surface area contributed by atoms with E-state index in [0.717, 1.165) is 5.56 Å². The maximum Gasteiger partial charge on any atom is 0.263 e. The second kappa shape index (κ2) is 8.68. The van der Waals surface area contributed by atoms with Crippen LogP contribution < -0.4 is 9.46 Å². The van der Waals surface area contributed by atoms with Crippen LogP contribution in [0.1, 0.15) is 33.3 Å². The maximum atomic E-state index is 13.1. The lowest BCUT2D eigenvalue weighted by Crippen LogP contribution is -2.16. The summed E-state index contributed by atoms with van der Waals surface area (Å²) in [5.41, 5.74) is 2.78. The number of rotatable bonds is 6. The van der Waals surface area contributed by atoms with E-state index in [1.165, 1.54) is 4.52 Å². The molecule has 0 bridgehead atoms. The minimum Gasteiger partial charge on any atom is -0.477 e. The molecule has 4 aromatic rings. The fourth-order valence-corrected chi connectivity index (χ4v) is 4.66. The van der Waals surface area contributed by atoms with Gasteiger partial charge in [-0.15, -0.1) is 0 Å². The van der Waals surface area contributed by atoms with E-state index in [-0.39, 0.29) is 16.1 Å². The van der Waals surface area contributed by atoms with E-state index in [0.29, 0.717) is 34.3 Å². The highest BCUT2D eigenvalue weighted by atomic mass is 35.5. The van der Waals surface area contributed by atoms with Crippen LogP contribution in [-0.4, -0.2) is 29.6 Å². The molecule has 0 unspecified atom stereocenters. The molecular weight excluding hydrogens is 460 g/mol. The average molecular weight is 485 g/mol. The molecule has 172 valence electrons. The molecule has 1 N–H and O–H groups in total. The van der Waals surface area contributed by atoms with Crippen LogP contribution in [0.4, 0.5) is 5.82 Å². The lowest BCUT2D eigenvalue weighted by atomic mass is 9.87. The van der Waals surface area contributed by atoms with Crippen molar-refractivity contribution in [1.29, 1.82) is 0 Å². The summed E-state index contributed by atoms with van der Waals surface area (Å²) in [4.78, 5) is 4.43. The van der Waals surface area contributed by atoms with Gasteiger partial charge in [-0.25, -0.2) is 17.9 Å². The van der Waals surface area contributed by atoms with Crippen molar-refractivity contribution in [3.8, 4) is 17.1 Å². The van der Waals surface area contributed by atoms with Gasteiger partial charge >= 0.3 is 0 Å². The largest absolute Gasteiger partial charge is 0.477 e. The zero-order chi connectivity index (χ0) is 23.8. The van der Waals surface area contributed by atoms with Gasteiger partial charge < -0.3 is 4.74 Å². The molecule has 3 aromatic heterocycles. The molecule has 9 heteroatoms. The molecule has 0 saturated heterocycles. The van der Waals surface area contributed by atoms with Crippen LogP contribution in [0.15, 0.2) is 65.7 Å². The Labute approximate surface area is 198 Å². The molecular formula is C24H25ClN4O3S. The summed E-state index contributed by atoms with van der Waals surface area (Å²) in [6.07, 6.45) is 1.64. The molecule has 0 aliphatic rings. The molecule has 1 aromatic carbocycles. The lowest BCUT2D eigenvalue weighted by Gasteiger charge is -2.19. The molecule has 3 heterocycles. The van der Waals surface area contributed by atoms with E-state index in [1.807, 2.05) is 25.1 Å². The number of ether oxygens (including phenoxy) is 1. The van der Waals surface area contributed by atoms with Crippen molar-refractivity contribution in [3.63, 3.8) is 0 Å². The summed E-state index contributed by atoms with van der Waals surface area (Å²) in [5, 5.41) is 5.03. The maximum absolute atomic E-state index is 13.1. The summed E-state index contributed by atoms with van der Waals surface area (Å²) in [5.74, 6) is 0.711. The van der Waals surface area contributed by atoms with E-state index in [2.05, 4.69) is 35.6 Å². The van der Waals surface area contributed by atoms with Gasteiger partial charge in [0.05, 0.1) is 33.3 Å². The predicted octanol–water partition coefficient (Wildman–Crippen LogP) is 5.55. The Morgan fingerprint density at radius 3 is 2.48 bits per heavy atom. The zero-order valence-electron chi connectivity index (χ0n) is 18.8. The second-order valence-electron chi connectivity index (χ2n) is 8.56. The average Bonchev–Trinajstić information content (AvgIpc) is 3.22. The first kappa shape index (κ1) is 23.1. The third-order valence-electron chi connectivity index (χ3n) is 5.17. The predicted molar refractivity (Wildman–Crippen MR) is 131 cm³/mol. The van der Waals surface area contributed by atoms with Crippen molar-refractivity contribution in [2.45, 2.75) is 38.0 Å². The van der Waals surface area contributed by atoms with Crippen LogP contribution in [0.25, 0.3) is 16.8 Å². The van der Waals surface area contributed by atoms with Crippen molar-refractivity contribution < 1.29 is 13.2 Å². The zero-order valence-corrected chi connectivity index (χ0v) is 20.4. The number of halogens is 1. The third kappa shape index (κ3) is 4.67. The Hall–Kier alpha value is -3.10. The number of benzene rings is 1. The molecule has 0 saturated carbocycles. The Bertz CT molecular complexity index is 1410. The fourth-order valence-electron chi connectivity index (χ4n) is 3.42. The fraction of sp³-hybridized carbons (Fsp3) is 0.250. The van der Waals surface area contributed by atoms with E-state index >= 15 is 0 Å². The number of aromatic nitrogens is 3. The summed E-state index contributed by atoms with van der Waals surface area (Å²) in [6.45, 7) is 8.56. The number of anilines is 1. The highest BCUT2D eigenvalue weighted by molar-refractivity contribution is 7.92. The Kier molecular flexibility index (Phi) is 6.07. The smallest absolute Gasteiger partial charge is 0.263 e. The molecule has 0 spiro atoms. The number of hydrogen-bond donors (Lipinski definition) is 1. The Balaban J connectivity index is 1.74. The van der Waals surface area contributed by atoms with Gasteiger partial charge in [0.2, 0.25) is 5.88 Å². The molecule has 0 aliphatic carbocycles. The summed E-state index contributed by atoms with van der Waals surface area (Å²) in [6, 6.07) is 15.5. The van der Waals surface area contributed by atoms with Crippen molar-refractivity contribution in [1.82, 2.24) is 14.6 Å². The summed E-state index contributed by atoms with van der Waals surface area (Å²) in [7, 11) is -3.84. The SMILES string of the molecule is CCOc1ncccc1-c1cc2c(Cl)ccc(NS(=O)(=O)c3ccc(C(C)(C)C)cc3)n2n1. The molecule has 7 nitrogen and oxygen atoms in total. The van der Waals surface area contributed by atoms with Gasteiger partial charge in [0.15, 0.2) is 0 Å². The molecule has 0 aliphatic heterocycles. The molecule has 0 atom stereocenters. The van der Waals surface area contributed by atoms with Gasteiger partial charge in [0, 0.05) is 6.20 Å². The Morgan fingerprint density at radius 2 is 1.82 bits per heavy atom. The first-order chi connectivity index (χ1) is 15.6. The third-order valence-corrected chi connectivity index (χ3v) is 6.86. The second-order valence-corrected chi connectivity index (χ2v) is 10.7. The Morgan fingerprint density at radius 1 is 1.09 bits per heavy atom. The van der Waals surface area contributed by atoms with Crippen LogP contribution in [0.5, 0.6) is 5.88 Å². The first-order valence-corrected chi connectivity index (χ1v) is 12.4. The standard InChI is InChI=1S/C24H25ClN4O3S/c1-5-32-23-18(7-6-14-26-23)20-15-21-19(25)12-13-22(29(21)27-20)28-33(30,31)17-10-8-16(9-11-17)24(2,3)4/h6-15,28H,5H2,1-4H3. The molecule has 0 amide bonds. The van der Waals surface area contributed by atoms with Crippen LogP contribution >= 0.6 is 11.6 Å². The number of sulfonamides is 1. The van der Waals surface area contributed by atoms with Crippen molar-refractivity contribution in [3.05, 3.63) is 71.4 Å². The van der Waals surface area contributed by atoms with E-state index in [9.17, 15) is 8.42 Å². The number of pyridine rings is 2. The molecule has 4 rings (SSSR count). The van der Waals surface area contributed by atoms with Gasteiger partial charge in [-0.3, -0.25) is 4.72 Å². The highest BCUT2D eigenvalue weighted by Gasteiger charge is 2.20. The van der Waals surface area contributed by atoms with Crippen molar-refractivity contribution in [2.24, 2.45) is 0 Å². The van der Waals surface area contributed by atoms with Crippen LogP contribution in [-0.2, 0) is 15.4 Å². The minimum absolute atomic E-state index is 0.0733. The van der Waals surface area contributed by atoms with Gasteiger partial charge in [-0.1, -0.05) is 44.5 Å². The lowest BCUT2D eigenvalue weighted by molar-refractivity contribution is 0.328. The van der Waals surface area contributed by atoms with Crippen molar-refractivity contribution in [2.75, 3.05) is 11.3 Å². The summed E-state index contributed by atoms with van der Waals surface area (Å²) < 4.78 is 35.9. The van der Waals surface area contributed by atoms with E-state index < -0.39 is 10.0 Å². The van der Waals surface area contributed by atoms with Crippen LogP contribution in [0.3, 0.4) is 0 Å². The monoisotopic (exact) mass is 484 g/mol. The topological polar surface area (TPSA) is 85.6 Å². The van der Waals surface area contributed by atoms with E-state index in [4.69, 9.17) is 16.3 Å². The number of nitrogens with one attached hydrogen (secondary N) is 1. The quantitative estimate of drug-likeness (QED) is 0.388. The molecule has 33 heavy (non-hydrogen) atoms. The van der Waals surface area contributed by atoms with Crippen LogP contribution in [0, 0.1) is 0 Å². The minimum atomic E-state index is -3.84. The number of hydrogen-bond acceptors (Lipinski definition) is 5. The van der Waals surface area contributed by atoms with Crippen LogP contribution in [0.2, 0.25) is 5.02 Å². The summed E-state index contributed by atoms with van der Waals surface area (Å²) >= 11 is 6.39. The molecule has 0 radical (unpaired) electrons. The normalized spacial score (nSPS) is 12.2.